The summed E-state index contributed by atoms with van der Waals surface area (Å²) in [7, 11) is 0. The number of amides is 1. The minimum absolute atomic E-state index is 0.0523. The maximum Gasteiger partial charge on any atom is 0.342 e. The van der Waals surface area contributed by atoms with Gasteiger partial charge in [-0.05, 0) is 31.9 Å². The zero-order chi connectivity index (χ0) is 24.7. The number of fused-ring (bicyclic) bond motifs is 1. The lowest BCUT2D eigenvalue weighted by molar-refractivity contribution is 0.0452. The van der Waals surface area contributed by atoms with Crippen LogP contribution in [-0.2, 0) is 16.1 Å². The van der Waals surface area contributed by atoms with E-state index in [1.54, 1.807) is 31.2 Å². The van der Waals surface area contributed by atoms with E-state index in [2.05, 4.69) is 10.3 Å². The maximum atomic E-state index is 13.2. The zero-order valence-corrected chi connectivity index (χ0v) is 19.8. The standard InChI is InChI=1S/C25H31N3O6/c1-4-6-13-33-24(31)19-18(15-29)28-21(23(30)27-17-11-9-8-10-12-17)16(3)26-22(28)20(19)25(32)34-14-7-5-2/h8-12,26,29H,4-7,13-15H2,1-3H3,(H,27,30). The molecule has 2 heterocycles. The number of unbranched alkanes of at least 4 members (excludes halogenated alkanes) is 2. The predicted molar refractivity (Wildman–Crippen MR) is 127 cm³/mol. The Balaban J connectivity index is 2.14. The molecule has 182 valence electrons. The van der Waals surface area contributed by atoms with Crippen LogP contribution in [0.15, 0.2) is 30.3 Å². The highest BCUT2D eigenvalue weighted by atomic mass is 16.5. The molecule has 0 spiro atoms. The second-order valence-corrected chi connectivity index (χ2v) is 7.94. The van der Waals surface area contributed by atoms with Crippen LogP contribution in [0.3, 0.4) is 0 Å². The number of hydrogen-bond acceptors (Lipinski definition) is 6. The molecule has 9 heteroatoms. The molecule has 0 aliphatic carbocycles. The number of hydrogen-bond donors (Lipinski definition) is 3. The number of carbonyl (C=O) groups excluding carboxylic acids is 3. The Morgan fingerprint density at radius 1 is 0.971 bits per heavy atom. The van der Waals surface area contributed by atoms with E-state index in [4.69, 9.17) is 9.47 Å². The Morgan fingerprint density at radius 2 is 1.56 bits per heavy atom. The van der Waals surface area contributed by atoms with Crippen molar-refractivity contribution in [2.24, 2.45) is 0 Å². The summed E-state index contributed by atoms with van der Waals surface area (Å²) in [6, 6.07) is 8.90. The number of benzene rings is 1. The van der Waals surface area contributed by atoms with Gasteiger partial charge in [0.1, 0.15) is 22.5 Å². The van der Waals surface area contributed by atoms with Gasteiger partial charge in [-0.1, -0.05) is 44.9 Å². The molecule has 0 bridgehead atoms. The summed E-state index contributed by atoms with van der Waals surface area (Å²) in [5.41, 5.74) is 1.34. The van der Waals surface area contributed by atoms with Crippen LogP contribution >= 0.6 is 0 Å². The van der Waals surface area contributed by atoms with Crippen molar-refractivity contribution in [3.8, 4) is 0 Å². The van der Waals surface area contributed by atoms with Gasteiger partial charge in [0, 0.05) is 11.4 Å². The van der Waals surface area contributed by atoms with Crippen LogP contribution in [0.2, 0.25) is 0 Å². The van der Waals surface area contributed by atoms with Gasteiger partial charge >= 0.3 is 11.9 Å². The predicted octanol–water partition coefficient (Wildman–Crippen LogP) is 4.23. The largest absolute Gasteiger partial charge is 0.462 e. The first-order valence-corrected chi connectivity index (χ1v) is 11.5. The number of aromatic amines is 1. The van der Waals surface area contributed by atoms with Crippen molar-refractivity contribution >= 4 is 29.2 Å². The van der Waals surface area contributed by atoms with Gasteiger partial charge in [0.2, 0.25) is 0 Å². The van der Waals surface area contributed by atoms with E-state index in [1.165, 1.54) is 4.40 Å². The molecule has 3 N–H and O–H groups in total. The molecule has 0 atom stereocenters. The Kier molecular flexibility index (Phi) is 8.48. The van der Waals surface area contributed by atoms with Crippen molar-refractivity contribution in [2.75, 3.05) is 18.5 Å². The number of rotatable bonds is 11. The van der Waals surface area contributed by atoms with Crippen LogP contribution < -0.4 is 5.32 Å². The van der Waals surface area contributed by atoms with Gasteiger partial charge in [-0.25, -0.2) is 9.59 Å². The highest BCUT2D eigenvalue weighted by molar-refractivity contribution is 6.11. The van der Waals surface area contributed by atoms with Gasteiger partial charge in [0.15, 0.2) is 0 Å². The molecule has 0 aliphatic rings. The average Bonchev–Trinajstić information content (AvgIpc) is 3.32. The molecule has 3 aromatic rings. The normalized spacial score (nSPS) is 10.9. The number of aryl methyl sites for hydroxylation is 1. The summed E-state index contributed by atoms with van der Waals surface area (Å²) in [6.45, 7) is 5.38. The number of anilines is 1. The molecule has 0 saturated carbocycles. The van der Waals surface area contributed by atoms with Gasteiger partial charge in [-0.3, -0.25) is 9.20 Å². The van der Waals surface area contributed by atoms with E-state index in [9.17, 15) is 19.5 Å². The third-order valence-electron chi connectivity index (χ3n) is 5.42. The SMILES string of the molecule is CCCCOC(=O)c1c(C(=O)OCCCC)c2[nH]c(C)c(C(=O)Nc3ccccc3)n2c1CO. The fourth-order valence-corrected chi connectivity index (χ4v) is 3.71. The number of nitrogens with one attached hydrogen (secondary N) is 2. The summed E-state index contributed by atoms with van der Waals surface area (Å²) in [6.07, 6.45) is 2.98. The summed E-state index contributed by atoms with van der Waals surface area (Å²) in [5.74, 6) is -1.93. The van der Waals surface area contributed by atoms with E-state index >= 15 is 0 Å². The fraction of sp³-hybridized carbons (Fsp3) is 0.400. The smallest absolute Gasteiger partial charge is 0.342 e. The summed E-state index contributed by atoms with van der Waals surface area (Å²) in [5, 5.41) is 13.0. The Morgan fingerprint density at radius 3 is 2.12 bits per heavy atom. The van der Waals surface area contributed by atoms with Crippen molar-refractivity contribution in [1.29, 1.82) is 0 Å². The first kappa shape index (κ1) is 25.0. The molecule has 34 heavy (non-hydrogen) atoms. The lowest BCUT2D eigenvalue weighted by Gasteiger charge is -2.09. The molecule has 3 rings (SSSR count). The van der Waals surface area contributed by atoms with Crippen molar-refractivity contribution < 1.29 is 29.0 Å². The van der Waals surface area contributed by atoms with Crippen LogP contribution in [0.1, 0.15) is 82.1 Å². The number of carbonyl (C=O) groups is 3. The molecule has 0 radical (unpaired) electrons. The second kappa shape index (κ2) is 11.5. The minimum atomic E-state index is -0.746. The summed E-state index contributed by atoms with van der Waals surface area (Å²) in [4.78, 5) is 42.3. The number of aliphatic hydroxyl groups is 1. The molecule has 9 nitrogen and oxygen atoms in total. The fourth-order valence-electron chi connectivity index (χ4n) is 3.71. The average molecular weight is 470 g/mol. The molecule has 0 aliphatic heterocycles. The van der Waals surface area contributed by atoms with E-state index < -0.39 is 24.5 Å². The van der Waals surface area contributed by atoms with Gasteiger partial charge in [0.25, 0.3) is 5.91 Å². The Bertz CT molecular complexity index is 1160. The third-order valence-corrected chi connectivity index (χ3v) is 5.42. The van der Waals surface area contributed by atoms with Gasteiger partial charge in [0.05, 0.1) is 25.5 Å². The van der Waals surface area contributed by atoms with E-state index in [-0.39, 0.29) is 41.4 Å². The topological polar surface area (TPSA) is 122 Å². The number of para-hydroxylation sites is 1. The van der Waals surface area contributed by atoms with E-state index in [0.29, 0.717) is 24.2 Å². The van der Waals surface area contributed by atoms with Crippen LogP contribution in [0.4, 0.5) is 5.69 Å². The quantitative estimate of drug-likeness (QED) is 0.285. The van der Waals surface area contributed by atoms with E-state index in [1.807, 2.05) is 19.9 Å². The monoisotopic (exact) mass is 469 g/mol. The van der Waals surface area contributed by atoms with Crippen molar-refractivity contribution in [3.05, 3.63) is 58.5 Å². The minimum Gasteiger partial charge on any atom is -0.462 e. The maximum absolute atomic E-state index is 13.2. The van der Waals surface area contributed by atoms with Crippen LogP contribution in [0.5, 0.6) is 0 Å². The van der Waals surface area contributed by atoms with Gasteiger partial charge < -0.3 is 24.9 Å². The molecule has 1 aromatic carbocycles. The van der Waals surface area contributed by atoms with Crippen LogP contribution in [0, 0.1) is 6.92 Å². The number of aromatic nitrogens is 2. The summed E-state index contributed by atoms with van der Waals surface area (Å²) >= 11 is 0. The lowest BCUT2D eigenvalue weighted by atomic mass is 10.1. The van der Waals surface area contributed by atoms with Gasteiger partial charge in [-0.15, -0.1) is 0 Å². The first-order chi connectivity index (χ1) is 16.4. The second-order valence-electron chi connectivity index (χ2n) is 7.94. The highest BCUT2D eigenvalue weighted by Gasteiger charge is 2.34. The Hall–Kier alpha value is -3.59. The molecule has 2 aromatic heterocycles. The Labute approximate surface area is 198 Å². The van der Waals surface area contributed by atoms with Crippen molar-refractivity contribution in [3.63, 3.8) is 0 Å². The highest BCUT2D eigenvalue weighted by Crippen LogP contribution is 2.29. The number of ether oxygens (including phenoxy) is 2. The van der Waals surface area contributed by atoms with Crippen LogP contribution in [-0.4, -0.2) is 45.6 Å². The number of nitrogens with zero attached hydrogens (tertiary/aromatic N) is 1. The van der Waals surface area contributed by atoms with Crippen molar-refractivity contribution in [1.82, 2.24) is 9.38 Å². The number of imidazole rings is 1. The molecule has 0 fully saturated rings. The molecular formula is C25H31N3O6. The third kappa shape index (κ3) is 5.14. The molecule has 0 unspecified atom stereocenters. The molecule has 1 amide bonds. The number of esters is 2. The molecule has 0 saturated heterocycles. The molecular weight excluding hydrogens is 438 g/mol. The van der Waals surface area contributed by atoms with Crippen molar-refractivity contribution in [2.45, 2.75) is 53.1 Å². The van der Waals surface area contributed by atoms with Gasteiger partial charge in [-0.2, -0.15) is 0 Å². The summed E-state index contributed by atoms with van der Waals surface area (Å²) < 4.78 is 12.2. The van der Waals surface area contributed by atoms with E-state index in [0.717, 1.165) is 12.8 Å². The number of aliphatic hydroxyl groups excluding tert-OH is 1. The number of H-pyrrole nitrogens is 1. The van der Waals surface area contributed by atoms with Crippen LogP contribution in [0.25, 0.3) is 5.65 Å². The zero-order valence-electron chi connectivity index (χ0n) is 19.8. The lowest BCUT2D eigenvalue weighted by Crippen LogP contribution is -2.18. The first-order valence-electron chi connectivity index (χ1n) is 11.5.